The number of pyridine rings is 1. The van der Waals surface area contributed by atoms with Crippen molar-refractivity contribution in [2.45, 2.75) is 26.8 Å². The molecule has 10 heteroatoms. The zero-order chi connectivity index (χ0) is 25.4. The van der Waals surface area contributed by atoms with Crippen molar-refractivity contribution >= 4 is 22.8 Å². The van der Waals surface area contributed by atoms with Crippen LogP contribution in [0.2, 0.25) is 0 Å². The smallest absolute Gasteiger partial charge is 0.260 e. The van der Waals surface area contributed by atoms with Crippen LogP contribution in [0.3, 0.4) is 0 Å². The molecule has 1 aromatic carbocycles. The monoisotopic (exact) mass is 482 g/mol. The molecule has 1 amide bonds. The SMILES string of the molecule is COc1cc2ncnc(-c3cn(C)nc3-c3ccccc3)c2nc1NC(=O)c1cn(C(C)C)nc1C. The molecule has 182 valence electrons. The molecular formula is C26H26N8O2. The minimum Gasteiger partial charge on any atom is -0.493 e. The van der Waals surface area contributed by atoms with Crippen LogP contribution in [0.25, 0.3) is 33.5 Å². The number of fused-ring (bicyclic) bond motifs is 1. The predicted molar refractivity (Wildman–Crippen MR) is 137 cm³/mol. The molecule has 0 aliphatic heterocycles. The van der Waals surface area contributed by atoms with Gasteiger partial charge in [0, 0.05) is 42.7 Å². The van der Waals surface area contributed by atoms with E-state index in [0.717, 1.165) is 16.8 Å². The van der Waals surface area contributed by atoms with Crippen molar-refractivity contribution in [1.29, 1.82) is 0 Å². The van der Waals surface area contributed by atoms with Gasteiger partial charge in [0.05, 0.1) is 23.9 Å². The second-order valence-electron chi connectivity index (χ2n) is 8.72. The average Bonchev–Trinajstić information content (AvgIpc) is 3.46. The summed E-state index contributed by atoms with van der Waals surface area (Å²) in [5, 5.41) is 12.0. The van der Waals surface area contributed by atoms with Gasteiger partial charge in [-0.25, -0.2) is 15.0 Å². The first-order chi connectivity index (χ1) is 17.4. The first-order valence-corrected chi connectivity index (χ1v) is 11.5. The highest BCUT2D eigenvalue weighted by molar-refractivity contribution is 6.06. The molecule has 0 saturated heterocycles. The summed E-state index contributed by atoms with van der Waals surface area (Å²) < 4.78 is 9.03. The van der Waals surface area contributed by atoms with Crippen LogP contribution < -0.4 is 10.1 Å². The highest BCUT2D eigenvalue weighted by Gasteiger charge is 2.21. The van der Waals surface area contributed by atoms with Gasteiger partial charge >= 0.3 is 0 Å². The molecule has 0 fully saturated rings. The fraction of sp³-hybridized carbons (Fsp3) is 0.231. The summed E-state index contributed by atoms with van der Waals surface area (Å²) in [6.07, 6.45) is 5.12. The summed E-state index contributed by atoms with van der Waals surface area (Å²) in [5.74, 6) is 0.339. The van der Waals surface area contributed by atoms with Crippen LogP contribution >= 0.6 is 0 Å². The van der Waals surface area contributed by atoms with Gasteiger partial charge in [-0.3, -0.25) is 14.2 Å². The number of methoxy groups -OCH3 is 1. The topological polar surface area (TPSA) is 113 Å². The lowest BCUT2D eigenvalue weighted by atomic mass is 10.0. The number of nitrogens with one attached hydrogen (secondary N) is 1. The number of nitrogens with zero attached hydrogens (tertiary/aromatic N) is 7. The summed E-state index contributed by atoms with van der Waals surface area (Å²) in [6.45, 7) is 5.82. The molecule has 0 radical (unpaired) electrons. The van der Waals surface area contributed by atoms with E-state index in [9.17, 15) is 4.79 Å². The maximum absolute atomic E-state index is 13.2. The Morgan fingerprint density at radius 1 is 1.06 bits per heavy atom. The molecule has 10 nitrogen and oxygen atoms in total. The number of hydrogen-bond donors (Lipinski definition) is 1. The molecule has 5 aromatic rings. The number of hydrogen-bond acceptors (Lipinski definition) is 7. The summed E-state index contributed by atoms with van der Waals surface area (Å²) in [7, 11) is 3.39. The molecule has 4 heterocycles. The molecular weight excluding hydrogens is 456 g/mol. The van der Waals surface area contributed by atoms with Gasteiger partial charge in [0.2, 0.25) is 0 Å². The van der Waals surface area contributed by atoms with E-state index in [1.165, 1.54) is 13.4 Å². The Morgan fingerprint density at radius 2 is 1.83 bits per heavy atom. The molecule has 4 aromatic heterocycles. The van der Waals surface area contributed by atoms with E-state index in [0.29, 0.717) is 33.7 Å². The van der Waals surface area contributed by atoms with Gasteiger partial charge in [-0.05, 0) is 20.8 Å². The van der Waals surface area contributed by atoms with E-state index in [1.54, 1.807) is 28.6 Å². The van der Waals surface area contributed by atoms with E-state index < -0.39 is 0 Å². The maximum Gasteiger partial charge on any atom is 0.260 e. The van der Waals surface area contributed by atoms with Crippen LogP contribution in [0.5, 0.6) is 5.75 Å². The fourth-order valence-electron chi connectivity index (χ4n) is 4.02. The van der Waals surface area contributed by atoms with Crippen LogP contribution in [-0.4, -0.2) is 47.5 Å². The zero-order valence-corrected chi connectivity index (χ0v) is 20.7. The number of amides is 1. The summed E-state index contributed by atoms with van der Waals surface area (Å²) in [4.78, 5) is 26.9. The molecule has 0 aliphatic carbocycles. The van der Waals surface area contributed by atoms with Gasteiger partial charge in [0.25, 0.3) is 5.91 Å². The predicted octanol–water partition coefficient (Wildman–Crippen LogP) is 4.44. The normalized spacial score (nSPS) is 11.3. The second-order valence-corrected chi connectivity index (χ2v) is 8.72. The fourth-order valence-corrected chi connectivity index (χ4v) is 4.02. The number of anilines is 1. The van der Waals surface area contributed by atoms with E-state index >= 15 is 0 Å². The van der Waals surface area contributed by atoms with Crippen LogP contribution in [-0.2, 0) is 7.05 Å². The van der Waals surface area contributed by atoms with Crippen LogP contribution in [0.1, 0.15) is 35.9 Å². The van der Waals surface area contributed by atoms with Crippen LogP contribution in [0.15, 0.2) is 55.1 Å². The van der Waals surface area contributed by atoms with E-state index in [2.05, 4.69) is 25.5 Å². The molecule has 1 N–H and O–H groups in total. The lowest BCUT2D eigenvalue weighted by molar-refractivity contribution is 0.102. The number of aromatic nitrogens is 7. The first kappa shape index (κ1) is 23.2. The van der Waals surface area contributed by atoms with Gasteiger partial charge in [-0.1, -0.05) is 30.3 Å². The lowest BCUT2D eigenvalue weighted by Crippen LogP contribution is -2.14. The summed E-state index contributed by atoms with van der Waals surface area (Å²) >= 11 is 0. The van der Waals surface area contributed by atoms with Crippen LogP contribution in [0, 0.1) is 6.92 Å². The van der Waals surface area contributed by atoms with Crippen molar-refractivity contribution in [2.75, 3.05) is 12.4 Å². The van der Waals surface area contributed by atoms with Crippen LogP contribution in [0.4, 0.5) is 5.82 Å². The van der Waals surface area contributed by atoms with E-state index in [-0.39, 0.29) is 17.8 Å². The van der Waals surface area contributed by atoms with Gasteiger partial charge in [-0.2, -0.15) is 10.2 Å². The summed E-state index contributed by atoms with van der Waals surface area (Å²) in [5.41, 5.74) is 5.35. The standard InChI is InChI=1S/C26H26N8O2/c1-15(2)34-13-18(16(3)31-34)26(35)30-25-21(36-5)11-20-24(29-25)23(28-14-27-20)19-12-33(4)32-22(19)17-9-7-6-8-10-17/h6-15H,1-5H3,(H,29,30,35). The molecule has 0 bridgehead atoms. The van der Waals surface area contributed by atoms with Crippen molar-refractivity contribution in [3.63, 3.8) is 0 Å². The number of carbonyl (C=O) groups excluding carboxylic acids is 1. The van der Waals surface area contributed by atoms with Gasteiger partial charge < -0.3 is 10.1 Å². The minimum atomic E-state index is -0.325. The lowest BCUT2D eigenvalue weighted by Gasteiger charge is -2.12. The quantitative estimate of drug-likeness (QED) is 0.381. The molecule has 36 heavy (non-hydrogen) atoms. The van der Waals surface area contributed by atoms with Crippen molar-refractivity contribution in [3.8, 4) is 28.3 Å². The van der Waals surface area contributed by atoms with Crippen molar-refractivity contribution in [1.82, 2.24) is 34.5 Å². The van der Waals surface area contributed by atoms with E-state index in [4.69, 9.17) is 9.72 Å². The maximum atomic E-state index is 13.2. The molecule has 0 unspecified atom stereocenters. The number of aryl methyl sites for hydroxylation is 2. The Morgan fingerprint density at radius 3 is 2.53 bits per heavy atom. The number of carbonyl (C=O) groups is 1. The Labute approximate surface area is 208 Å². The molecule has 0 atom stereocenters. The molecule has 0 aliphatic rings. The highest BCUT2D eigenvalue weighted by Crippen LogP contribution is 2.35. The average molecular weight is 483 g/mol. The highest BCUT2D eigenvalue weighted by atomic mass is 16.5. The number of benzene rings is 1. The first-order valence-electron chi connectivity index (χ1n) is 11.5. The third kappa shape index (κ3) is 4.17. The third-order valence-corrected chi connectivity index (χ3v) is 5.85. The molecule has 0 saturated carbocycles. The molecule has 5 rings (SSSR count). The van der Waals surface area contributed by atoms with Crippen molar-refractivity contribution in [2.24, 2.45) is 7.05 Å². The Hall–Kier alpha value is -4.60. The number of rotatable bonds is 6. The minimum absolute atomic E-state index is 0.136. The van der Waals surface area contributed by atoms with E-state index in [1.807, 2.05) is 57.4 Å². The Bertz CT molecular complexity index is 1570. The van der Waals surface area contributed by atoms with Gasteiger partial charge in [0.1, 0.15) is 23.2 Å². The zero-order valence-electron chi connectivity index (χ0n) is 20.7. The van der Waals surface area contributed by atoms with Crippen molar-refractivity contribution < 1.29 is 9.53 Å². The number of ether oxygens (including phenoxy) is 1. The largest absolute Gasteiger partial charge is 0.493 e. The van der Waals surface area contributed by atoms with Gasteiger partial charge in [-0.15, -0.1) is 0 Å². The molecule has 0 spiro atoms. The summed E-state index contributed by atoms with van der Waals surface area (Å²) in [6, 6.07) is 11.8. The van der Waals surface area contributed by atoms with Gasteiger partial charge in [0.15, 0.2) is 11.6 Å². The Kier molecular flexibility index (Phi) is 5.93. The Balaban J connectivity index is 1.61. The third-order valence-electron chi connectivity index (χ3n) is 5.85. The second kappa shape index (κ2) is 9.21. The van der Waals surface area contributed by atoms with Crippen molar-refractivity contribution in [3.05, 3.63) is 66.4 Å².